The highest BCUT2D eigenvalue weighted by molar-refractivity contribution is 6.30. The predicted molar refractivity (Wildman–Crippen MR) is 114 cm³/mol. The second-order valence-corrected chi connectivity index (χ2v) is 8.55. The van der Waals surface area contributed by atoms with Gasteiger partial charge in [0, 0.05) is 33.9 Å². The molecular weight excluding hydrogens is 372 g/mol. The number of rotatable bonds is 4. The van der Waals surface area contributed by atoms with Crippen LogP contribution in [0.15, 0.2) is 48.7 Å². The lowest BCUT2D eigenvalue weighted by Crippen LogP contribution is -2.40. The van der Waals surface area contributed by atoms with Gasteiger partial charge < -0.3 is 5.32 Å². The molecule has 28 heavy (non-hydrogen) atoms. The summed E-state index contributed by atoms with van der Waals surface area (Å²) >= 11 is 6.02. The fraction of sp³-hybridized carbons (Fsp3) is 0.318. The molecule has 0 unspecified atom stereocenters. The van der Waals surface area contributed by atoms with Gasteiger partial charge in [-0.05, 0) is 65.0 Å². The van der Waals surface area contributed by atoms with Gasteiger partial charge in [0.15, 0.2) is 0 Å². The Bertz CT molecular complexity index is 985. The molecule has 1 amide bonds. The molecule has 3 rings (SSSR count). The third kappa shape index (κ3) is 4.78. The van der Waals surface area contributed by atoms with Crippen molar-refractivity contribution in [1.29, 1.82) is 0 Å². The van der Waals surface area contributed by atoms with Crippen LogP contribution in [-0.4, -0.2) is 26.2 Å². The van der Waals surface area contributed by atoms with E-state index in [1.54, 1.807) is 12.1 Å². The summed E-state index contributed by atoms with van der Waals surface area (Å²) in [4.78, 5) is 17.6. The van der Waals surface area contributed by atoms with Gasteiger partial charge in [0.2, 0.25) is 0 Å². The maximum Gasteiger partial charge on any atom is 0.251 e. The van der Waals surface area contributed by atoms with Gasteiger partial charge >= 0.3 is 0 Å². The first kappa shape index (κ1) is 20.1. The van der Waals surface area contributed by atoms with Crippen LogP contribution in [0, 0.1) is 0 Å². The molecule has 0 radical (unpaired) electrons. The first-order valence-electron chi connectivity index (χ1n) is 9.28. The van der Waals surface area contributed by atoms with Gasteiger partial charge in [0.1, 0.15) is 5.69 Å². The number of hydrogen-bond acceptors (Lipinski definition) is 3. The summed E-state index contributed by atoms with van der Waals surface area (Å²) in [5, 5.41) is 8.27. The standard InChI is InChI=1S/C22H25ClN4O/c1-14(2)27-11-10-18(26-27)20-13-16(21(28)25-22(3,4)5)12-19(24-20)15-6-8-17(23)9-7-15/h6-14H,1-5H3,(H,25,28). The van der Waals surface area contributed by atoms with Gasteiger partial charge in [-0.2, -0.15) is 5.10 Å². The Hall–Kier alpha value is -2.66. The van der Waals surface area contributed by atoms with E-state index in [9.17, 15) is 4.79 Å². The number of carbonyl (C=O) groups is 1. The lowest BCUT2D eigenvalue weighted by atomic mass is 10.0. The summed E-state index contributed by atoms with van der Waals surface area (Å²) in [6.45, 7) is 10.00. The third-order valence-electron chi connectivity index (χ3n) is 4.12. The zero-order valence-electron chi connectivity index (χ0n) is 16.8. The molecule has 0 atom stereocenters. The molecule has 2 heterocycles. The van der Waals surface area contributed by atoms with Crippen molar-refractivity contribution in [3.8, 4) is 22.6 Å². The third-order valence-corrected chi connectivity index (χ3v) is 4.37. The van der Waals surface area contributed by atoms with E-state index in [0.717, 1.165) is 11.3 Å². The Kier molecular flexibility index (Phi) is 5.57. The van der Waals surface area contributed by atoms with Crippen LogP contribution in [0.4, 0.5) is 0 Å². The Labute approximate surface area is 170 Å². The number of halogens is 1. The molecule has 0 spiro atoms. The highest BCUT2D eigenvalue weighted by Gasteiger charge is 2.18. The van der Waals surface area contributed by atoms with Crippen molar-refractivity contribution in [1.82, 2.24) is 20.1 Å². The van der Waals surface area contributed by atoms with Crippen LogP contribution in [0.3, 0.4) is 0 Å². The molecule has 0 aliphatic carbocycles. The summed E-state index contributed by atoms with van der Waals surface area (Å²) in [6.07, 6.45) is 1.92. The molecule has 0 aliphatic heterocycles. The first-order chi connectivity index (χ1) is 13.1. The average Bonchev–Trinajstić information content (AvgIpc) is 3.11. The van der Waals surface area contributed by atoms with E-state index in [4.69, 9.17) is 16.6 Å². The Balaban J connectivity index is 2.10. The van der Waals surface area contributed by atoms with E-state index in [1.807, 2.05) is 62.0 Å². The maximum absolute atomic E-state index is 12.8. The Morgan fingerprint density at radius 1 is 1.04 bits per heavy atom. The topological polar surface area (TPSA) is 59.8 Å². The number of aromatic nitrogens is 3. The number of carbonyl (C=O) groups excluding carboxylic acids is 1. The monoisotopic (exact) mass is 396 g/mol. The van der Waals surface area contributed by atoms with Crippen molar-refractivity contribution in [2.24, 2.45) is 0 Å². The molecule has 0 fully saturated rings. The fourth-order valence-electron chi connectivity index (χ4n) is 2.74. The molecule has 1 N–H and O–H groups in total. The van der Waals surface area contributed by atoms with Crippen molar-refractivity contribution in [3.63, 3.8) is 0 Å². The lowest BCUT2D eigenvalue weighted by molar-refractivity contribution is 0.0919. The highest BCUT2D eigenvalue weighted by Crippen LogP contribution is 2.26. The van der Waals surface area contributed by atoms with Crippen LogP contribution >= 0.6 is 11.6 Å². The minimum atomic E-state index is -0.333. The minimum absolute atomic E-state index is 0.144. The van der Waals surface area contributed by atoms with Crippen molar-refractivity contribution in [2.75, 3.05) is 0 Å². The summed E-state index contributed by atoms with van der Waals surface area (Å²) in [5.74, 6) is -0.144. The average molecular weight is 397 g/mol. The van der Waals surface area contributed by atoms with Crippen LogP contribution in [0.5, 0.6) is 0 Å². The SMILES string of the molecule is CC(C)n1ccc(-c2cc(C(=O)NC(C)(C)C)cc(-c3ccc(Cl)cc3)n2)n1. The van der Waals surface area contributed by atoms with Gasteiger partial charge in [-0.3, -0.25) is 9.48 Å². The number of nitrogens with one attached hydrogen (secondary N) is 1. The van der Waals surface area contributed by atoms with Crippen LogP contribution in [0.2, 0.25) is 5.02 Å². The molecule has 6 heteroatoms. The van der Waals surface area contributed by atoms with Crippen LogP contribution in [-0.2, 0) is 0 Å². The molecule has 3 aromatic rings. The summed E-state index contributed by atoms with van der Waals surface area (Å²) in [6, 6.07) is 13.2. The van der Waals surface area contributed by atoms with Gasteiger partial charge in [0.25, 0.3) is 5.91 Å². The number of benzene rings is 1. The van der Waals surface area contributed by atoms with Crippen LogP contribution in [0.1, 0.15) is 51.0 Å². The number of pyridine rings is 1. The van der Waals surface area contributed by atoms with Crippen LogP contribution < -0.4 is 5.32 Å². The zero-order chi connectivity index (χ0) is 20.5. The zero-order valence-corrected chi connectivity index (χ0v) is 17.6. The largest absolute Gasteiger partial charge is 0.347 e. The van der Waals surface area contributed by atoms with E-state index < -0.39 is 0 Å². The second-order valence-electron chi connectivity index (χ2n) is 8.11. The number of amides is 1. The van der Waals surface area contributed by atoms with Gasteiger partial charge in [-0.15, -0.1) is 0 Å². The van der Waals surface area contributed by atoms with E-state index in [1.165, 1.54) is 0 Å². The molecule has 0 aliphatic rings. The fourth-order valence-corrected chi connectivity index (χ4v) is 2.86. The molecule has 0 saturated heterocycles. The smallest absolute Gasteiger partial charge is 0.251 e. The molecule has 2 aromatic heterocycles. The predicted octanol–water partition coefficient (Wildman–Crippen LogP) is 5.37. The van der Waals surface area contributed by atoms with Gasteiger partial charge in [-0.25, -0.2) is 4.98 Å². The highest BCUT2D eigenvalue weighted by atomic mass is 35.5. The van der Waals surface area contributed by atoms with Crippen molar-refractivity contribution < 1.29 is 4.79 Å². The summed E-state index contributed by atoms with van der Waals surface area (Å²) in [5.41, 5.74) is 3.19. The lowest BCUT2D eigenvalue weighted by Gasteiger charge is -2.21. The summed E-state index contributed by atoms with van der Waals surface area (Å²) in [7, 11) is 0. The number of nitrogens with zero attached hydrogens (tertiary/aromatic N) is 3. The van der Waals surface area contributed by atoms with Gasteiger partial charge in [-0.1, -0.05) is 23.7 Å². The van der Waals surface area contributed by atoms with E-state index >= 15 is 0 Å². The number of hydrogen-bond donors (Lipinski definition) is 1. The van der Waals surface area contributed by atoms with Crippen LogP contribution in [0.25, 0.3) is 22.6 Å². The molecule has 0 saturated carbocycles. The van der Waals surface area contributed by atoms with Crippen molar-refractivity contribution in [2.45, 2.75) is 46.2 Å². The van der Waals surface area contributed by atoms with Crippen molar-refractivity contribution in [3.05, 3.63) is 59.2 Å². The van der Waals surface area contributed by atoms with E-state index in [2.05, 4.69) is 24.3 Å². The Morgan fingerprint density at radius 3 is 2.25 bits per heavy atom. The van der Waals surface area contributed by atoms with E-state index in [0.29, 0.717) is 22.0 Å². The molecular formula is C22H25ClN4O. The Morgan fingerprint density at radius 2 is 1.68 bits per heavy atom. The minimum Gasteiger partial charge on any atom is -0.347 e. The normalized spacial score (nSPS) is 11.7. The molecule has 5 nitrogen and oxygen atoms in total. The summed E-state index contributed by atoms with van der Waals surface area (Å²) < 4.78 is 1.88. The molecule has 0 bridgehead atoms. The molecule has 146 valence electrons. The van der Waals surface area contributed by atoms with Gasteiger partial charge in [0.05, 0.1) is 11.4 Å². The maximum atomic E-state index is 12.8. The van der Waals surface area contributed by atoms with E-state index in [-0.39, 0.29) is 17.5 Å². The van der Waals surface area contributed by atoms with Crippen molar-refractivity contribution >= 4 is 17.5 Å². The first-order valence-corrected chi connectivity index (χ1v) is 9.66. The second kappa shape index (κ2) is 7.76. The quantitative estimate of drug-likeness (QED) is 0.644. The molecule has 1 aromatic carbocycles.